The van der Waals surface area contributed by atoms with E-state index >= 15 is 0 Å². The van der Waals surface area contributed by atoms with E-state index in [1.165, 1.54) is 38.9 Å². The zero-order valence-electron chi connectivity index (χ0n) is 11.8. The summed E-state index contributed by atoms with van der Waals surface area (Å²) in [4.78, 5) is 2.45. The van der Waals surface area contributed by atoms with Crippen LogP contribution in [0.5, 0.6) is 0 Å². The molecule has 16 heavy (non-hydrogen) atoms. The molecular weight excluding hydrogens is 196 g/mol. The standard InChI is InChI=1S/C14H30N2/c1-12(14(2,3)4)15-9-6-13-7-10-16(5)11-8-13/h12-13,15H,6-11H2,1-5H3. The SMILES string of the molecule is CC(NCCC1CCN(C)CC1)C(C)(C)C. The van der Waals surface area contributed by atoms with Crippen LogP contribution in [0.4, 0.5) is 0 Å². The molecule has 0 bridgehead atoms. The molecular formula is C14H30N2. The number of nitrogens with zero attached hydrogens (tertiary/aromatic N) is 1. The van der Waals surface area contributed by atoms with Crippen LogP contribution in [0.3, 0.4) is 0 Å². The van der Waals surface area contributed by atoms with Crippen LogP contribution in [-0.4, -0.2) is 37.6 Å². The van der Waals surface area contributed by atoms with Crippen molar-refractivity contribution in [2.24, 2.45) is 11.3 Å². The molecule has 0 aliphatic carbocycles. The zero-order valence-corrected chi connectivity index (χ0v) is 11.8. The normalized spacial score (nSPS) is 22.3. The minimum absolute atomic E-state index is 0.382. The fraction of sp³-hybridized carbons (Fsp3) is 1.00. The summed E-state index contributed by atoms with van der Waals surface area (Å²) in [5.41, 5.74) is 0.382. The molecule has 0 radical (unpaired) electrons. The van der Waals surface area contributed by atoms with Crippen molar-refractivity contribution in [3.8, 4) is 0 Å². The van der Waals surface area contributed by atoms with Crippen LogP contribution in [0, 0.1) is 11.3 Å². The number of piperidine rings is 1. The minimum atomic E-state index is 0.382. The molecule has 1 N–H and O–H groups in total. The molecule has 0 aromatic carbocycles. The number of hydrogen-bond donors (Lipinski definition) is 1. The highest BCUT2D eigenvalue weighted by atomic mass is 15.1. The van der Waals surface area contributed by atoms with Crippen molar-refractivity contribution in [1.29, 1.82) is 0 Å². The molecule has 1 heterocycles. The molecule has 0 aromatic heterocycles. The molecule has 0 amide bonds. The molecule has 1 aliphatic rings. The number of rotatable bonds is 4. The molecule has 1 fully saturated rings. The number of likely N-dealkylation sites (tertiary alicyclic amines) is 1. The first-order chi connectivity index (χ1) is 7.39. The third-order valence-corrected chi connectivity index (χ3v) is 4.14. The van der Waals surface area contributed by atoms with Gasteiger partial charge in [0.25, 0.3) is 0 Å². The van der Waals surface area contributed by atoms with Crippen LogP contribution in [0.15, 0.2) is 0 Å². The van der Waals surface area contributed by atoms with Gasteiger partial charge in [-0.25, -0.2) is 0 Å². The first-order valence-electron chi connectivity index (χ1n) is 6.81. The van der Waals surface area contributed by atoms with Crippen molar-refractivity contribution in [2.45, 2.75) is 53.0 Å². The summed E-state index contributed by atoms with van der Waals surface area (Å²) >= 11 is 0. The Balaban J connectivity index is 2.11. The molecule has 0 spiro atoms. The molecule has 2 heteroatoms. The lowest BCUT2D eigenvalue weighted by atomic mass is 9.87. The van der Waals surface area contributed by atoms with Gasteiger partial charge >= 0.3 is 0 Å². The summed E-state index contributed by atoms with van der Waals surface area (Å²) in [5.74, 6) is 0.955. The molecule has 1 unspecified atom stereocenters. The van der Waals surface area contributed by atoms with Crippen LogP contribution >= 0.6 is 0 Å². The maximum atomic E-state index is 3.67. The highest BCUT2D eigenvalue weighted by Crippen LogP contribution is 2.21. The van der Waals surface area contributed by atoms with Gasteiger partial charge in [0.1, 0.15) is 0 Å². The zero-order chi connectivity index (χ0) is 12.2. The van der Waals surface area contributed by atoms with Gasteiger partial charge in [0, 0.05) is 6.04 Å². The Morgan fingerprint density at radius 2 is 1.81 bits per heavy atom. The Morgan fingerprint density at radius 3 is 2.31 bits per heavy atom. The van der Waals surface area contributed by atoms with Gasteiger partial charge < -0.3 is 10.2 Å². The topological polar surface area (TPSA) is 15.3 Å². The third kappa shape index (κ3) is 4.84. The van der Waals surface area contributed by atoms with Crippen molar-refractivity contribution in [3.63, 3.8) is 0 Å². The van der Waals surface area contributed by atoms with Gasteiger partial charge in [-0.05, 0) is 64.2 Å². The Hall–Kier alpha value is -0.0800. The number of nitrogens with one attached hydrogen (secondary N) is 1. The predicted octanol–water partition coefficient (Wildman–Crippen LogP) is 2.74. The van der Waals surface area contributed by atoms with E-state index in [-0.39, 0.29) is 0 Å². The Labute approximate surface area is 102 Å². The Kier molecular flexibility index (Phi) is 5.26. The third-order valence-electron chi connectivity index (χ3n) is 4.14. The maximum absolute atomic E-state index is 3.67. The van der Waals surface area contributed by atoms with Gasteiger partial charge in [0.05, 0.1) is 0 Å². The molecule has 1 rings (SSSR count). The van der Waals surface area contributed by atoms with Gasteiger partial charge in [-0.2, -0.15) is 0 Å². The average Bonchev–Trinajstić information content (AvgIpc) is 2.19. The molecule has 1 saturated heterocycles. The lowest BCUT2D eigenvalue weighted by Crippen LogP contribution is -2.39. The van der Waals surface area contributed by atoms with Crippen LogP contribution in [0.1, 0.15) is 47.0 Å². The second kappa shape index (κ2) is 6.02. The van der Waals surface area contributed by atoms with Crippen molar-refractivity contribution in [3.05, 3.63) is 0 Å². The average molecular weight is 226 g/mol. The molecule has 1 aliphatic heterocycles. The molecule has 2 nitrogen and oxygen atoms in total. The number of hydrogen-bond acceptors (Lipinski definition) is 2. The first-order valence-corrected chi connectivity index (χ1v) is 6.81. The highest BCUT2D eigenvalue weighted by molar-refractivity contribution is 4.77. The Morgan fingerprint density at radius 1 is 1.25 bits per heavy atom. The van der Waals surface area contributed by atoms with Crippen molar-refractivity contribution in [2.75, 3.05) is 26.7 Å². The van der Waals surface area contributed by atoms with E-state index < -0.39 is 0 Å². The van der Waals surface area contributed by atoms with Crippen molar-refractivity contribution < 1.29 is 0 Å². The summed E-state index contributed by atoms with van der Waals surface area (Å²) in [6.45, 7) is 13.0. The smallest absolute Gasteiger partial charge is 0.00872 e. The second-order valence-electron chi connectivity index (χ2n) is 6.58. The molecule has 0 aromatic rings. The van der Waals surface area contributed by atoms with Crippen LogP contribution < -0.4 is 5.32 Å². The van der Waals surface area contributed by atoms with E-state index in [4.69, 9.17) is 0 Å². The monoisotopic (exact) mass is 226 g/mol. The van der Waals surface area contributed by atoms with Gasteiger partial charge in [-0.1, -0.05) is 20.8 Å². The lowest BCUT2D eigenvalue weighted by Gasteiger charge is -2.31. The summed E-state index contributed by atoms with van der Waals surface area (Å²) in [6.07, 6.45) is 4.14. The summed E-state index contributed by atoms with van der Waals surface area (Å²) in [5, 5.41) is 3.67. The fourth-order valence-corrected chi connectivity index (χ4v) is 2.16. The lowest BCUT2D eigenvalue weighted by molar-refractivity contribution is 0.205. The minimum Gasteiger partial charge on any atom is -0.314 e. The predicted molar refractivity (Wildman–Crippen MR) is 71.8 cm³/mol. The Bertz CT molecular complexity index is 187. The molecule has 0 saturated carbocycles. The molecule has 96 valence electrons. The van der Waals surface area contributed by atoms with Crippen molar-refractivity contribution >= 4 is 0 Å². The fourth-order valence-electron chi connectivity index (χ4n) is 2.16. The van der Waals surface area contributed by atoms with Crippen LogP contribution in [0.2, 0.25) is 0 Å². The van der Waals surface area contributed by atoms with E-state index in [0.717, 1.165) is 5.92 Å². The first kappa shape index (κ1) is 14.0. The van der Waals surface area contributed by atoms with Gasteiger partial charge in [0.15, 0.2) is 0 Å². The van der Waals surface area contributed by atoms with Crippen LogP contribution in [0.25, 0.3) is 0 Å². The van der Waals surface area contributed by atoms with Gasteiger partial charge in [-0.3, -0.25) is 0 Å². The largest absolute Gasteiger partial charge is 0.314 e. The van der Waals surface area contributed by atoms with Gasteiger partial charge in [-0.15, -0.1) is 0 Å². The van der Waals surface area contributed by atoms with E-state index in [0.29, 0.717) is 11.5 Å². The summed E-state index contributed by atoms with van der Waals surface area (Å²) in [6, 6.07) is 0.610. The summed E-state index contributed by atoms with van der Waals surface area (Å²) < 4.78 is 0. The highest BCUT2D eigenvalue weighted by Gasteiger charge is 2.20. The van der Waals surface area contributed by atoms with E-state index in [1.54, 1.807) is 0 Å². The van der Waals surface area contributed by atoms with Crippen LogP contribution in [-0.2, 0) is 0 Å². The van der Waals surface area contributed by atoms with Crippen molar-refractivity contribution in [1.82, 2.24) is 10.2 Å². The molecule has 1 atom stereocenters. The second-order valence-corrected chi connectivity index (χ2v) is 6.58. The maximum Gasteiger partial charge on any atom is 0.00872 e. The van der Waals surface area contributed by atoms with Gasteiger partial charge in [0.2, 0.25) is 0 Å². The van der Waals surface area contributed by atoms with E-state index in [2.05, 4.69) is 45.0 Å². The van der Waals surface area contributed by atoms with E-state index in [1.807, 2.05) is 0 Å². The quantitative estimate of drug-likeness (QED) is 0.793. The van der Waals surface area contributed by atoms with E-state index in [9.17, 15) is 0 Å². The summed E-state index contributed by atoms with van der Waals surface area (Å²) in [7, 11) is 2.23.